The largest absolute Gasteiger partial charge is 0.343 e. The van der Waals surface area contributed by atoms with Crippen molar-refractivity contribution in [1.29, 1.82) is 0 Å². The Balaban J connectivity index is 1.65. The average Bonchev–Trinajstić information content (AvgIpc) is 3.22. The van der Waals surface area contributed by atoms with Crippen LogP contribution in [0, 0.1) is 5.92 Å². The molecule has 1 saturated heterocycles. The summed E-state index contributed by atoms with van der Waals surface area (Å²) in [5, 5.41) is 5.23. The van der Waals surface area contributed by atoms with Crippen molar-refractivity contribution in [1.82, 2.24) is 14.8 Å². The Morgan fingerprint density at radius 2 is 2.00 bits per heavy atom. The molecule has 1 N–H and O–H groups in total. The van der Waals surface area contributed by atoms with E-state index in [1.165, 1.54) is 12.1 Å². The summed E-state index contributed by atoms with van der Waals surface area (Å²) in [6, 6.07) is 4.59. The molecule has 31 heavy (non-hydrogen) atoms. The smallest absolute Gasteiger partial charge is 0.273 e. The Hall–Kier alpha value is -2.16. The fourth-order valence-electron chi connectivity index (χ4n) is 3.59. The third-order valence-corrected chi connectivity index (χ3v) is 6.56. The number of carbonyl (C=O) groups excluding carboxylic acids is 3. The molecule has 0 saturated carbocycles. The number of amides is 3. The van der Waals surface area contributed by atoms with Gasteiger partial charge in [-0.15, -0.1) is 11.3 Å². The lowest BCUT2D eigenvalue weighted by Crippen LogP contribution is -2.46. The van der Waals surface area contributed by atoms with Crippen LogP contribution < -0.4 is 5.32 Å². The molecule has 0 aliphatic carbocycles. The van der Waals surface area contributed by atoms with Crippen molar-refractivity contribution in [3.8, 4) is 0 Å². The Kier molecular flexibility index (Phi) is 7.91. The number of halogens is 2. The SMILES string of the molecule is CCN(CC)C(=O)[C@@H]1CCCN(C(=O)c2csc(NC(=O)c3ccc(Cl)cc3Cl)n2)C1. The van der Waals surface area contributed by atoms with Crippen molar-refractivity contribution in [2.45, 2.75) is 26.7 Å². The number of hydrogen-bond donors (Lipinski definition) is 1. The van der Waals surface area contributed by atoms with Gasteiger partial charge in [0.2, 0.25) is 5.91 Å². The second-order valence-corrected chi connectivity index (χ2v) is 8.92. The molecule has 1 fully saturated rings. The van der Waals surface area contributed by atoms with E-state index in [9.17, 15) is 14.4 Å². The number of likely N-dealkylation sites (tertiary alicyclic amines) is 1. The number of thiazole rings is 1. The molecule has 0 unspecified atom stereocenters. The summed E-state index contributed by atoms with van der Waals surface area (Å²) in [6.45, 7) is 6.19. The molecule has 1 aliphatic heterocycles. The van der Waals surface area contributed by atoms with Crippen molar-refractivity contribution in [2.75, 3.05) is 31.5 Å². The zero-order chi connectivity index (χ0) is 22.5. The Morgan fingerprint density at radius 3 is 2.68 bits per heavy atom. The molecule has 1 aliphatic rings. The topological polar surface area (TPSA) is 82.6 Å². The summed E-state index contributed by atoms with van der Waals surface area (Å²) in [6.07, 6.45) is 1.55. The van der Waals surface area contributed by atoms with E-state index < -0.39 is 5.91 Å². The molecule has 0 bridgehead atoms. The highest BCUT2D eigenvalue weighted by Crippen LogP contribution is 2.25. The van der Waals surface area contributed by atoms with Gasteiger partial charge >= 0.3 is 0 Å². The first-order chi connectivity index (χ1) is 14.8. The van der Waals surface area contributed by atoms with Crippen LogP contribution in [0.2, 0.25) is 10.0 Å². The van der Waals surface area contributed by atoms with Crippen LogP contribution in [0.3, 0.4) is 0 Å². The minimum absolute atomic E-state index is 0.0913. The number of benzene rings is 1. The van der Waals surface area contributed by atoms with Gasteiger partial charge in [0.05, 0.1) is 16.5 Å². The van der Waals surface area contributed by atoms with Gasteiger partial charge in [0.15, 0.2) is 5.13 Å². The Labute approximate surface area is 195 Å². The first-order valence-electron chi connectivity index (χ1n) is 10.1. The van der Waals surface area contributed by atoms with Gasteiger partial charge in [-0.25, -0.2) is 4.98 Å². The highest BCUT2D eigenvalue weighted by Gasteiger charge is 2.31. The van der Waals surface area contributed by atoms with Gasteiger partial charge in [-0.3, -0.25) is 19.7 Å². The van der Waals surface area contributed by atoms with Crippen LogP contribution >= 0.6 is 34.5 Å². The molecule has 1 atom stereocenters. The maximum atomic E-state index is 12.9. The molecule has 0 radical (unpaired) electrons. The molecule has 166 valence electrons. The van der Waals surface area contributed by atoms with Gasteiger partial charge in [0.1, 0.15) is 5.69 Å². The first kappa shape index (κ1) is 23.5. The second-order valence-electron chi connectivity index (χ2n) is 7.22. The number of anilines is 1. The third kappa shape index (κ3) is 5.56. The van der Waals surface area contributed by atoms with E-state index in [0.717, 1.165) is 24.2 Å². The van der Waals surface area contributed by atoms with Gasteiger partial charge in [0, 0.05) is 36.6 Å². The average molecular weight is 483 g/mol. The van der Waals surface area contributed by atoms with E-state index in [4.69, 9.17) is 23.2 Å². The number of rotatable bonds is 6. The predicted octanol–water partition coefficient (Wildman–Crippen LogP) is 4.42. The van der Waals surface area contributed by atoms with Crippen LogP contribution in [-0.2, 0) is 4.79 Å². The number of piperidine rings is 1. The molecule has 2 heterocycles. The van der Waals surface area contributed by atoms with Gasteiger partial charge in [-0.1, -0.05) is 23.2 Å². The minimum atomic E-state index is -0.433. The van der Waals surface area contributed by atoms with Crippen molar-refractivity contribution >= 4 is 57.4 Å². The predicted molar refractivity (Wildman–Crippen MR) is 123 cm³/mol. The van der Waals surface area contributed by atoms with Crippen molar-refractivity contribution in [3.63, 3.8) is 0 Å². The summed E-state index contributed by atoms with van der Waals surface area (Å²) in [5.74, 6) is -0.771. The molecule has 3 amide bonds. The quantitative estimate of drug-likeness (QED) is 0.660. The number of hydrogen-bond acceptors (Lipinski definition) is 5. The number of nitrogens with one attached hydrogen (secondary N) is 1. The molecule has 10 heteroatoms. The molecular formula is C21H24Cl2N4O3S. The number of aromatic nitrogens is 1. The van der Waals surface area contributed by atoms with E-state index in [-0.39, 0.29) is 34.0 Å². The maximum absolute atomic E-state index is 12.9. The van der Waals surface area contributed by atoms with Crippen LogP contribution in [0.5, 0.6) is 0 Å². The lowest BCUT2D eigenvalue weighted by Gasteiger charge is -2.34. The normalized spacial score (nSPS) is 16.1. The highest BCUT2D eigenvalue weighted by molar-refractivity contribution is 7.14. The van der Waals surface area contributed by atoms with Gasteiger partial charge in [-0.05, 0) is 44.9 Å². The second kappa shape index (κ2) is 10.4. The number of nitrogens with zero attached hydrogens (tertiary/aromatic N) is 3. The van der Waals surface area contributed by atoms with Crippen LogP contribution in [0.25, 0.3) is 0 Å². The Morgan fingerprint density at radius 1 is 1.26 bits per heavy atom. The van der Waals surface area contributed by atoms with E-state index in [1.54, 1.807) is 21.2 Å². The van der Waals surface area contributed by atoms with Crippen molar-refractivity contribution in [2.24, 2.45) is 5.92 Å². The minimum Gasteiger partial charge on any atom is -0.343 e. The van der Waals surface area contributed by atoms with E-state index in [1.807, 2.05) is 13.8 Å². The molecule has 7 nitrogen and oxygen atoms in total. The molecule has 2 aromatic rings. The Bertz CT molecular complexity index is 977. The fourth-order valence-corrected chi connectivity index (χ4v) is 4.76. The lowest BCUT2D eigenvalue weighted by molar-refractivity contribution is -0.136. The van der Waals surface area contributed by atoms with Crippen LogP contribution in [0.15, 0.2) is 23.6 Å². The van der Waals surface area contributed by atoms with E-state index in [2.05, 4.69) is 10.3 Å². The van der Waals surface area contributed by atoms with Crippen LogP contribution in [-0.4, -0.2) is 58.7 Å². The van der Waals surface area contributed by atoms with Crippen LogP contribution in [0.1, 0.15) is 47.5 Å². The summed E-state index contributed by atoms with van der Waals surface area (Å²) in [5.41, 5.74) is 0.515. The van der Waals surface area contributed by atoms with Gasteiger partial charge in [-0.2, -0.15) is 0 Å². The monoisotopic (exact) mass is 482 g/mol. The summed E-state index contributed by atoms with van der Waals surface area (Å²) >= 11 is 13.1. The van der Waals surface area contributed by atoms with Crippen molar-refractivity contribution in [3.05, 3.63) is 44.9 Å². The molecule has 1 aromatic carbocycles. The van der Waals surface area contributed by atoms with E-state index in [0.29, 0.717) is 36.3 Å². The summed E-state index contributed by atoms with van der Waals surface area (Å²) in [7, 11) is 0. The van der Waals surface area contributed by atoms with E-state index >= 15 is 0 Å². The molecule has 1 aromatic heterocycles. The van der Waals surface area contributed by atoms with Crippen LogP contribution in [0.4, 0.5) is 5.13 Å². The maximum Gasteiger partial charge on any atom is 0.273 e. The van der Waals surface area contributed by atoms with Crippen molar-refractivity contribution < 1.29 is 14.4 Å². The number of carbonyl (C=O) groups is 3. The van der Waals surface area contributed by atoms with Gasteiger partial charge < -0.3 is 9.80 Å². The fraction of sp³-hybridized carbons (Fsp3) is 0.429. The first-order valence-corrected chi connectivity index (χ1v) is 11.8. The lowest BCUT2D eigenvalue weighted by atomic mass is 9.96. The molecular weight excluding hydrogens is 459 g/mol. The molecule has 3 rings (SSSR count). The summed E-state index contributed by atoms with van der Waals surface area (Å²) < 4.78 is 0. The summed E-state index contributed by atoms with van der Waals surface area (Å²) in [4.78, 5) is 45.8. The zero-order valence-electron chi connectivity index (χ0n) is 17.4. The third-order valence-electron chi connectivity index (χ3n) is 5.25. The highest BCUT2D eigenvalue weighted by atomic mass is 35.5. The standard InChI is InChI=1S/C21H24Cl2N4O3S/c1-3-26(4-2)19(29)13-6-5-9-27(11-13)20(30)17-12-31-21(24-17)25-18(28)15-8-7-14(22)10-16(15)23/h7-8,10,12-13H,3-6,9,11H2,1-2H3,(H,24,25,28)/t13-/m1/s1. The van der Waals surface area contributed by atoms with Gasteiger partial charge in [0.25, 0.3) is 11.8 Å². The zero-order valence-corrected chi connectivity index (χ0v) is 19.7. The molecule has 0 spiro atoms.